The third kappa shape index (κ3) is 6.71. The number of anilines is 2. The molecule has 0 aromatic heterocycles. The first-order valence-corrected chi connectivity index (χ1v) is 9.69. The zero-order valence-corrected chi connectivity index (χ0v) is 17.5. The fraction of sp³-hybridized carbons (Fsp3) is 0.364. The standard InChI is InChI=1S/C22H29N3O4/c1-5-28-19-12-7-16(15-20(19)29-6-2)13-14-23-21(26)22(27)24-17-8-10-18(11-9-17)25(3)4/h7-12,15H,5-6,13-14H2,1-4H3,(H,23,26)(H,24,27). The molecule has 0 saturated carbocycles. The molecule has 0 bridgehead atoms. The van der Waals surface area contributed by atoms with Crippen LogP contribution in [0, 0.1) is 0 Å². The number of nitrogens with zero attached hydrogens (tertiary/aromatic N) is 1. The SMILES string of the molecule is CCOc1ccc(CCNC(=O)C(=O)Nc2ccc(N(C)C)cc2)cc1OCC. The average Bonchev–Trinajstić information content (AvgIpc) is 2.70. The van der Waals surface area contributed by atoms with Crippen LogP contribution >= 0.6 is 0 Å². The van der Waals surface area contributed by atoms with Crippen LogP contribution in [-0.4, -0.2) is 45.7 Å². The van der Waals surface area contributed by atoms with E-state index in [0.29, 0.717) is 43.4 Å². The van der Waals surface area contributed by atoms with Gasteiger partial charge in [0.05, 0.1) is 13.2 Å². The van der Waals surface area contributed by atoms with E-state index >= 15 is 0 Å². The molecule has 0 atom stereocenters. The molecule has 0 aliphatic heterocycles. The molecule has 0 heterocycles. The van der Waals surface area contributed by atoms with Gasteiger partial charge in [0.1, 0.15) is 0 Å². The third-order valence-electron chi connectivity index (χ3n) is 4.15. The van der Waals surface area contributed by atoms with Gasteiger partial charge in [0, 0.05) is 32.0 Å². The minimum Gasteiger partial charge on any atom is -0.490 e. The minimum atomic E-state index is -0.690. The maximum Gasteiger partial charge on any atom is 0.313 e. The highest BCUT2D eigenvalue weighted by atomic mass is 16.5. The zero-order chi connectivity index (χ0) is 21.2. The van der Waals surface area contributed by atoms with Gasteiger partial charge in [-0.15, -0.1) is 0 Å². The molecule has 156 valence electrons. The molecule has 0 saturated heterocycles. The lowest BCUT2D eigenvalue weighted by Gasteiger charge is -2.13. The predicted molar refractivity (Wildman–Crippen MR) is 115 cm³/mol. The van der Waals surface area contributed by atoms with Crippen LogP contribution < -0.4 is 25.0 Å². The Hall–Kier alpha value is -3.22. The lowest BCUT2D eigenvalue weighted by atomic mass is 10.1. The highest BCUT2D eigenvalue weighted by Crippen LogP contribution is 2.28. The van der Waals surface area contributed by atoms with E-state index in [1.165, 1.54) is 0 Å². The first-order valence-electron chi connectivity index (χ1n) is 9.69. The second-order valence-corrected chi connectivity index (χ2v) is 6.55. The van der Waals surface area contributed by atoms with Crippen LogP contribution in [0.4, 0.5) is 11.4 Å². The third-order valence-corrected chi connectivity index (χ3v) is 4.15. The molecule has 29 heavy (non-hydrogen) atoms. The van der Waals surface area contributed by atoms with E-state index in [1.54, 1.807) is 12.1 Å². The summed E-state index contributed by atoms with van der Waals surface area (Å²) in [6.45, 7) is 5.26. The summed E-state index contributed by atoms with van der Waals surface area (Å²) in [5.41, 5.74) is 2.56. The Morgan fingerprint density at radius 2 is 1.55 bits per heavy atom. The van der Waals surface area contributed by atoms with Crippen molar-refractivity contribution in [3.63, 3.8) is 0 Å². The largest absolute Gasteiger partial charge is 0.490 e. The van der Waals surface area contributed by atoms with Crippen LogP contribution in [0.1, 0.15) is 19.4 Å². The van der Waals surface area contributed by atoms with Gasteiger partial charge in [-0.1, -0.05) is 6.07 Å². The monoisotopic (exact) mass is 399 g/mol. The van der Waals surface area contributed by atoms with Gasteiger partial charge in [-0.05, 0) is 62.2 Å². The smallest absolute Gasteiger partial charge is 0.313 e. The van der Waals surface area contributed by atoms with E-state index in [4.69, 9.17) is 9.47 Å². The summed E-state index contributed by atoms with van der Waals surface area (Å²) >= 11 is 0. The highest BCUT2D eigenvalue weighted by Gasteiger charge is 2.13. The molecule has 7 nitrogen and oxygen atoms in total. The molecule has 2 amide bonds. The number of carbonyl (C=O) groups excluding carboxylic acids is 2. The molecule has 7 heteroatoms. The van der Waals surface area contributed by atoms with Crippen molar-refractivity contribution in [2.45, 2.75) is 20.3 Å². The number of carbonyl (C=O) groups is 2. The van der Waals surface area contributed by atoms with Crippen LogP contribution in [0.3, 0.4) is 0 Å². The molecular weight excluding hydrogens is 370 g/mol. The van der Waals surface area contributed by atoms with Crippen LogP contribution in [0.5, 0.6) is 11.5 Å². The topological polar surface area (TPSA) is 79.9 Å². The summed E-state index contributed by atoms with van der Waals surface area (Å²) in [7, 11) is 3.87. The van der Waals surface area contributed by atoms with E-state index in [1.807, 2.05) is 63.2 Å². The van der Waals surface area contributed by atoms with Crippen molar-refractivity contribution in [2.24, 2.45) is 0 Å². The van der Waals surface area contributed by atoms with Crippen molar-refractivity contribution in [3.8, 4) is 11.5 Å². The van der Waals surface area contributed by atoms with Gasteiger partial charge in [-0.25, -0.2) is 0 Å². The Kier molecular flexibility index (Phi) is 8.33. The minimum absolute atomic E-state index is 0.339. The molecule has 0 aliphatic carbocycles. The summed E-state index contributed by atoms with van der Waals surface area (Å²) < 4.78 is 11.2. The number of ether oxygens (including phenoxy) is 2. The Labute approximate surface area is 172 Å². The summed E-state index contributed by atoms with van der Waals surface area (Å²) in [6, 6.07) is 12.9. The van der Waals surface area contributed by atoms with Gasteiger partial charge in [-0.2, -0.15) is 0 Å². The normalized spacial score (nSPS) is 10.2. The predicted octanol–water partition coefficient (Wildman–Crippen LogP) is 2.85. The van der Waals surface area contributed by atoms with Crippen LogP contribution in [0.15, 0.2) is 42.5 Å². The first-order chi connectivity index (χ1) is 13.9. The summed E-state index contributed by atoms with van der Waals surface area (Å²) in [5.74, 6) is 0.0147. The molecule has 2 aromatic carbocycles. The van der Waals surface area contributed by atoms with Gasteiger partial charge < -0.3 is 25.0 Å². The van der Waals surface area contributed by atoms with Gasteiger partial charge in [-0.3, -0.25) is 9.59 Å². The maximum atomic E-state index is 12.1. The maximum absolute atomic E-state index is 12.1. The second-order valence-electron chi connectivity index (χ2n) is 6.55. The highest BCUT2D eigenvalue weighted by molar-refractivity contribution is 6.39. The van der Waals surface area contributed by atoms with Crippen LogP contribution in [0.2, 0.25) is 0 Å². The van der Waals surface area contributed by atoms with E-state index < -0.39 is 11.8 Å². The lowest BCUT2D eigenvalue weighted by Crippen LogP contribution is -2.36. The molecule has 0 fully saturated rings. The number of amides is 2. The average molecular weight is 399 g/mol. The van der Waals surface area contributed by atoms with Gasteiger partial charge in [0.15, 0.2) is 11.5 Å². The van der Waals surface area contributed by atoms with Gasteiger partial charge in [0.2, 0.25) is 0 Å². The van der Waals surface area contributed by atoms with Crippen molar-refractivity contribution < 1.29 is 19.1 Å². The molecule has 0 unspecified atom stereocenters. The summed E-state index contributed by atoms with van der Waals surface area (Å²) in [6.07, 6.45) is 0.572. The van der Waals surface area contributed by atoms with Crippen molar-refractivity contribution in [1.82, 2.24) is 5.32 Å². The number of hydrogen-bond acceptors (Lipinski definition) is 5. The number of benzene rings is 2. The van der Waals surface area contributed by atoms with Gasteiger partial charge in [0.25, 0.3) is 0 Å². The van der Waals surface area contributed by atoms with Crippen molar-refractivity contribution >= 4 is 23.2 Å². The first kappa shape index (κ1) is 22.1. The number of hydrogen-bond donors (Lipinski definition) is 2. The number of rotatable bonds is 9. The Morgan fingerprint density at radius 1 is 0.897 bits per heavy atom. The van der Waals surface area contributed by atoms with Crippen LogP contribution in [-0.2, 0) is 16.0 Å². The fourth-order valence-electron chi connectivity index (χ4n) is 2.68. The Bertz CT molecular complexity index is 819. The van der Waals surface area contributed by atoms with E-state index in [0.717, 1.165) is 11.3 Å². The fourth-order valence-corrected chi connectivity index (χ4v) is 2.68. The van der Waals surface area contributed by atoms with Crippen molar-refractivity contribution in [1.29, 1.82) is 0 Å². The molecule has 2 N–H and O–H groups in total. The zero-order valence-electron chi connectivity index (χ0n) is 17.5. The quantitative estimate of drug-likeness (QED) is 0.634. The van der Waals surface area contributed by atoms with E-state index in [-0.39, 0.29) is 0 Å². The Balaban J connectivity index is 1.85. The van der Waals surface area contributed by atoms with Gasteiger partial charge >= 0.3 is 11.8 Å². The summed E-state index contributed by atoms with van der Waals surface area (Å²) in [5, 5.41) is 5.24. The van der Waals surface area contributed by atoms with E-state index in [9.17, 15) is 9.59 Å². The number of nitrogens with one attached hydrogen (secondary N) is 2. The van der Waals surface area contributed by atoms with Crippen molar-refractivity contribution in [3.05, 3.63) is 48.0 Å². The van der Waals surface area contributed by atoms with E-state index in [2.05, 4.69) is 10.6 Å². The molecule has 2 aromatic rings. The Morgan fingerprint density at radius 3 is 2.17 bits per heavy atom. The molecular formula is C22H29N3O4. The van der Waals surface area contributed by atoms with Crippen molar-refractivity contribution in [2.75, 3.05) is 44.1 Å². The molecule has 0 aliphatic rings. The molecule has 0 spiro atoms. The summed E-state index contributed by atoms with van der Waals surface area (Å²) in [4.78, 5) is 26.1. The second kappa shape index (κ2) is 10.9. The lowest BCUT2D eigenvalue weighted by molar-refractivity contribution is -0.136. The molecule has 2 rings (SSSR count). The molecule has 0 radical (unpaired) electrons. The van der Waals surface area contributed by atoms with Crippen LogP contribution in [0.25, 0.3) is 0 Å².